The summed E-state index contributed by atoms with van der Waals surface area (Å²) in [4.78, 5) is 24.8. The van der Waals surface area contributed by atoms with Gasteiger partial charge < -0.3 is 19.5 Å². The van der Waals surface area contributed by atoms with Gasteiger partial charge >= 0.3 is 5.97 Å². The van der Waals surface area contributed by atoms with Crippen LogP contribution < -0.4 is 14.8 Å². The average molecular weight is 363 g/mol. The van der Waals surface area contributed by atoms with E-state index in [0.29, 0.717) is 22.7 Å². The second kappa shape index (κ2) is 6.99. The first-order chi connectivity index (χ1) is 13.1. The molecule has 0 radical (unpaired) electrons. The van der Waals surface area contributed by atoms with Crippen LogP contribution in [0.3, 0.4) is 0 Å². The topological polar surface area (TPSA) is 73.9 Å². The van der Waals surface area contributed by atoms with Crippen LogP contribution >= 0.6 is 0 Å². The molecule has 27 heavy (non-hydrogen) atoms. The number of anilines is 1. The predicted octanol–water partition coefficient (Wildman–Crippen LogP) is 3.75. The third-order valence-corrected chi connectivity index (χ3v) is 4.31. The number of carbonyl (C=O) groups is 2. The van der Waals surface area contributed by atoms with Gasteiger partial charge in [-0.3, -0.25) is 4.79 Å². The molecule has 6 heteroatoms. The lowest BCUT2D eigenvalue weighted by Gasteiger charge is -2.15. The third kappa shape index (κ3) is 3.42. The van der Waals surface area contributed by atoms with Gasteiger partial charge in [-0.25, -0.2) is 4.79 Å². The molecule has 1 atom stereocenters. The highest BCUT2D eigenvalue weighted by molar-refractivity contribution is 6.04. The summed E-state index contributed by atoms with van der Waals surface area (Å²) < 4.78 is 15.8. The molecule has 136 valence electrons. The zero-order chi connectivity index (χ0) is 18.8. The van der Waals surface area contributed by atoms with Crippen molar-refractivity contribution in [3.63, 3.8) is 0 Å². The maximum Gasteiger partial charge on any atom is 0.339 e. The first-order valence-electron chi connectivity index (χ1n) is 8.51. The Bertz CT molecular complexity index is 1020. The number of ether oxygens (including phenoxy) is 3. The minimum Gasteiger partial charge on any atom is -0.454 e. The normalized spacial score (nSPS) is 13.2. The third-order valence-electron chi connectivity index (χ3n) is 4.31. The van der Waals surface area contributed by atoms with Crippen molar-refractivity contribution in [2.45, 2.75) is 13.0 Å². The van der Waals surface area contributed by atoms with Crippen LogP contribution in [0.25, 0.3) is 10.8 Å². The van der Waals surface area contributed by atoms with Gasteiger partial charge in [0.25, 0.3) is 5.91 Å². The van der Waals surface area contributed by atoms with Crippen LogP contribution in [0, 0.1) is 0 Å². The van der Waals surface area contributed by atoms with E-state index in [9.17, 15) is 9.59 Å². The molecule has 6 nitrogen and oxygen atoms in total. The van der Waals surface area contributed by atoms with Crippen LogP contribution in [0.4, 0.5) is 5.69 Å². The molecule has 0 bridgehead atoms. The molecule has 0 spiro atoms. The summed E-state index contributed by atoms with van der Waals surface area (Å²) in [5.74, 6) is 0.0555. The smallest absolute Gasteiger partial charge is 0.339 e. The molecule has 1 aliphatic rings. The predicted molar refractivity (Wildman–Crippen MR) is 100 cm³/mol. The number of esters is 1. The van der Waals surface area contributed by atoms with Crippen LogP contribution in [-0.2, 0) is 9.53 Å². The second-order valence-electron chi connectivity index (χ2n) is 6.13. The van der Waals surface area contributed by atoms with Gasteiger partial charge in [-0.05, 0) is 36.6 Å². The first kappa shape index (κ1) is 16.9. The fourth-order valence-corrected chi connectivity index (χ4v) is 2.87. The molecule has 0 saturated heterocycles. The van der Waals surface area contributed by atoms with E-state index >= 15 is 0 Å². The monoisotopic (exact) mass is 363 g/mol. The highest BCUT2D eigenvalue weighted by atomic mass is 16.7. The molecule has 1 N–H and O–H groups in total. The lowest BCUT2D eigenvalue weighted by atomic mass is 10.1. The van der Waals surface area contributed by atoms with E-state index in [4.69, 9.17) is 14.2 Å². The quantitative estimate of drug-likeness (QED) is 0.715. The van der Waals surface area contributed by atoms with E-state index in [-0.39, 0.29) is 6.79 Å². The minimum atomic E-state index is -0.957. The summed E-state index contributed by atoms with van der Waals surface area (Å²) in [6.45, 7) is 1.66. The van der Waals surface area contributed by atoms with Crippen molar-refractivity contribution in [1.29, 1.82) is 0 Å². The molecule has 3 aromatic rings. The summed E-state index contributed by atoms with van der Waals surface area (Å²) in [5, 5.41) is 4.76. The van der Waals surface area contributed by atoms with Crippen LogP contribution in [0.5, 0.6) is 11.5 Å². The minimum absolute atomic E-state index is 0.123. The summed E-state index contributed by atoms with van der Waals surface area (Å²) >= 11 is 0. The van der Waals surface area contributed by atoms with Crippen molar-refractivity contribution in [1.82, 2.24) is 0 Å². The van der Waals surface area contributed by atoms with Crippen molar-refractivity contribution in [3.8, 4) is 11.5 Å². The van der Waals surface area contributed by atoms with E-state index in [1.54, 1.807) is 18.2 Å². The van der Waals surface area contributed by atoms with E-state index in [1.165, 1.54) is 6.92 Å². The van der Waals surface area contributed by atoms with E-state index in [1.807, 2.05) is 42.5 Å². The maximum absolute atomic E-state index is 12.5. The number of fused-ring (bicyclic) bond motifs is 2. The Morgan fingerprint density at radius 3 is 2.67 bits per heavy atom. The van der Waals surface area contributed by atoms with Gasteiger partial charge in [-0.15, -0.1) is 0 Å². The molecule has 1 heterocycles. The summed E-state index contributed by atoms with van der Waals surface area (Å²) in [6, 6.07) is 18.1. The van der Waals surface area contributed by atoms with E-state index < -0.39 is 18.0 Å². The Hall–Kier alpha value is -3.54. The molecule has 1 amide bonds. The standard InChI is InChI=1S/C21H17NO5/c1-13(27-21(24)15-9-10-18-19(11-15)26-12-25-18)20(23)22-17-8-4-6-14-5-2-3-7-16(14)17/h2-11,13H,12H2,1H3,(H,22,23)/t13-/m0/s1. The Morgan fingerprint density at radius 1 is 1.00 bits per heavy atom. The van der Waals surface area contributed by atoms with Crippen LogP contribution in [0.1, 0.15) is 17.3 Å². The van der Waals surface area contributed by atoms with Crippen molar-refractivity contribution < 1.29 is 23.8 Å². The Labute approximate surface area is 155 Å². The number of benzene rings is 3. The molecule has 1 aliphatic heterocycles. The molecule has 0 saturated carbocycles. The number of rotatable bonds is 4. The summed E-state index contributed by atoms with van der Waals surface area (Å²) in [7, 11) is 0. The van der Waals surface area contributed by atoms with Crippen LogP contribution in [0.15, 0.2) is 60.7 Å². The van der Waals surface area contributed by atoms with Gasteiger partial charge in [0.1, 0.15) is 0 Å². The zero-order valence-corrected chi connectivity index (χ0v) is 14.6. The van der Waals surface area contributed by atoms with Gasteiger partial charge in [0.2, 0.25) is 6.79 Å². The second-order valence-corrected chi connectivity index (χ2v) is 6.13. The van der Waals surface area contributed by atoms with Crippen LogP contribution in [-0.4, -0.2) is 24.8 Å². The highest BCUT2D eigenvalue weighted by Crippen LogP contribution is 2.32. The van der Waals surface area contributed by atoms with Crippen LogP contribution in [0.2, 0.25) is 0 Å². The molecular formula is C21H17NO5. The SMILES string of the molecule is C[C@H](OC(=O)c1ccc2c(c1)OCO2)C(=O)Nc1cccc2ccccc12. The first-order valence-corrected chi connectivity index (χ1v) is 8.51. The number of hydrogen-bond acceptors (Lipinski definition) is 5. The van der Waals surface area contributed by atoms with Crippen molar-refractivity contribution >= 4 is 28.3 Å². The maximum atomic E-state index is 12.5. The van der Waals surface area contributed by atoms with Crippen molar-refractivity contribution in [2.24, 2.45) is 0 Å². The van der Waals surface area contributed by atoms with Gasteiger partial charge in [-0.1, -0.05) is 36.4 Å². The molecule has 0 unspecified atom stereocenters. The van der Waals surface area contributed by atoms with E-state index in [2.05, 4.69) is 5.32 Å². The van der Waals surface area contributed by atoms with Gasteiger partial charge in [-0.2, -0.15) is 0 Å². The van der Waals surface area contributed by atoms with Crippen molar-refractivity contribution in [3.05, 3.63) is 66.2 Å². The molecule has 3 aromatic carbocycles. The number of hydrogen-bond donors (Lipinski definition) is 1. The Morgan fingerprint density at radius 2 is 1.78 bits per heavy atom. The summed E-state index contributed by atoms with van der Waals surface area (Å²) in [5.41, 5.74) is 0.966. The number of nitrogens with one attached hydrogen (secondary N) is 1. The van der Waals surface area contributed by atoms with Gasteiger partial charge in [0.15, 0.2) is 17.6 Å². The van der Waals surface area contributed by atoms with E-state index in [0.717, 1.165) is 10.8 Å². The Kier molecular flexibility index (Phi) is 4.38. The lowest BCUT2D eigenvalue weighted by Crippen LogP contribution is -2.30. The fourth-order valence-electron chi connectivity index (χ4n) is 2.87. The highest BCUT2D eigenvalue weighted by Gasteiger charge is 2.22. The fraction of sp³-hybridized carbons (Fsp3) is 0.143. The average Bonchev–Trinajstić information content (AvgIpc) is 3.16. The van der Waals surface area contributed by atoms with Gasteiger partial charge in [0.05, 0.1) is 5.56 Å². The van der Waals surface area contributed by atoms with Gasteiger partial charge in [0, 0.05) is 11.1 Å². The number of amides is 1. The van der Waals surface area contributed by atoms with Crippen molar-refractivity contribution in [2.75, 3.05) is 12.1 Å². The molecular weight excluding hydrogens is 346 g/mol. The molecule has 4 rings (SSSR count). The largest absolute Gasteiger partial charge is 0.454 e. The lowest BCUT2D eigenvalue weighted by molar-refractivity contribution is -0.123. The molecule has 0 aromatic heterocycles. The molecule has 0 fully saturated rings. The summed E-state index contributed by atoms with van der Waals surface area (Å²) in [6.07, 6.45) is -0.957. The zero-order valence-electron chi connectivity index (χ0n) is 14.6. The number of carbonyl (C=O) groups excluding carboxylic acids is 2. The molecule has 0 aliphatic carbocycles. The Balaban J connectivity index is 1.45.